The van der Waals surface area contributed by atoms with Gasteiger partial charge in [-0.2, -0.15) is 0 Å². The van der Waals surface area contributed by atoms with E-state index in [1.165, 1.54) is 11.8 Å². The second-order valence-corrected chi connectivity index (χ2v) is 5.98. The molecule has 0 radical (unpaired) electrons. The van der Waals surface area contributed by atoms with Gasteiger partial charge < -0.3 is 16.8 Å². The first-order valence-electron chi connectivity index (χ1n) is 6.62. The molecule has 0 heterocycles. The van der Waals surface area contributed by atoms with Crippen LogP contribution < -0.4 is 16.8 Å². The molecular weight excluding hydrogens is 310 g/mol. The summed E-state index contributed by atoms with van der Waals surface area (Å²) in [6.07, 6.45) is 2.31. The number of carbonyl (C=O) groups is 2. The van der Waals surface area contributed by atoms with Crippen molar-refractivity contribution in [1.29, 1.82) is 0 Å². The molecule has 1 aromatic carbocycles. The van der Waals surface area contributed by atoms with Gasteiger partial charge in [-0.3, -0.25) is 9.59 Å². The van der Waals surface area contributed by atoms with Gasteiger partial charge in [-0.05, 0) is 30.9 Å². The molecule has 1 atom stereocenters. The summed E-state index contributed by atoms with van der Waals surface area (Å²) in [6.45, 7) is 0.484. The van der Waals surface area contributed by atoms with Gasteiger partial charge in [-0.15, -0.1) is 24.2 Å². The highest BCUT2D eigenvalue weighted by atomic mass is 35.5. The Morgan fingerprint density at radius 1 is 1.33 bits per heavy atom. The van der Waals surface area contributed by atoms with Crippen LogP contribution in [0.2, 0.25) is 0 Å². The van der Waals surface area contributed by atoms with Gasteiger partial charge in [0, 0.05) is 17.5 Å². The van der Waals surface area contributed by atoms with E-state index in [-0.39, 0.29) is 30.1 Å². The van der Waals surface area contributed by atoms with Crippen molar-refractivity contribution in [3.8, 4) is 0 Å². The average molecular weight is 330 g/mol. The lowest BCUT2D eigenvalue weighted by Gasteiger charge is -2.13. The SMILES string of the molecule is Cl.NC(=O)CSc1ccccc1C(=O)NCC(N)C1CC1. The third-order valence-electron chi connectivity index (χ3n) is 3.23. The standard InChI is InChI=1S/C14H19N3O2S.ClH/c15-11(9-5-6-9)7-17-14(19)10-3-1-2-4-12(10)20-8-13(16)18;/h1-4,9,11H,5-8,15H2,(H2,16,18)(H,17,19);1H. The van der Waals surface area contributed by atoms with Crippen molar-refractivity contribution in [2.75, 3.05) is 12.3 Å². The van der Waals surface area contributed by atoms with Gasteiger partial charge in [-0.25, -0.2) is 0 Å². The predicted molar refractivity (Wildman–Crippen MR) is 86.6 cm³/mol. The molecular formula is C14H20ClN3O2S. The van der Waals surface area contributed by atoms with Gasteiger partial charge >= 0.3 is 0 Å². The normalized spacial score (nSPS) is 14.9. The van der Waals surface area contributed by atoms with E-state index in [0.717, 1.165) is 17.7 Å². The highest BCUT2D eigenvalue weighted by molar-refractivity contribution is 8.00. The molecule has 0 saturated heterocycles. The summed E-state index contributed by atoms with van der Waals surface area (Å²) in [4.78, 5) is 23.7. The zero-order valence-corrected chi connectivity index (χ0v) is 13.2. The Kier molecular flexibility index (Phi) is 7.01. The molecule has 1 saturated carbocycles. The van der Waals surface area contributed by atoms with E-state index >= 15 is 0 Å². The molecule has 0 bridgehead atoms. The maximum atomic E-state index is 12.2. The number of thioether (sulfide) groups is 1. The monoisotopic (exact) mass is 329 g/mol. The van der Waals surface area contributed by atoms with Crippen LogP contribution in [0.4, 0.5) is 0 Å². The molecule has 0 spiro atoms. The first-order valence-corrected chi connectivity index (χ1v) is 7.60. The lowest BCUT2D eigenvalue weighted by Crippen LogP contribution is -2.38. The summed E-state index contributed by atoms with van der Waals surface area (Å²) in [5.41, 5.74) is 11.6. The Balaban J connectivity index is 0.00000220. The lowest BCUT2D eigenvalue weighted by atomic mass is 10.2. The topological polar surface area (TPSA) is 98.2 Å². The van der Waals surface area contributed by atoms with E-state index in [2.05, 4.69) is 5.32 Å². The fourth-order valence-electron chi connectivity index (χ4n) is 1.93. The van der Waals surface area contributed by atoms with Crippen molar-refractivity contribution in [2.45, 2.75) is 23.8 Å². The summed E-state index contributed by atoms with van der Waals surface area (Å²) in [7, 11) is 0. The predicted octanol–water partition coefficient (Wildman–Crippen LogP) is 1.15. The van der Waals surface area contributed by atoms with E-state index in [0.29, 0.717) is 18.0 Å². The molecule has 5 nitrogen and oxygen atoms in total. The fourth-order valence-corrected chi connectivity index (χ4v) is 2.71. The minimum atomic E-state index is -0.402. The van der Waals surface area contributed by atoms with Crippen LogP contribution in [0.5, 0.6) is 0 Å². The summed E-state index contributed by atoms with van der Waals surface area (Å²) in [6, 6.07) is 7.20. The first-order chi connectivity index (χ1) is 9.58. The summed E-state index contributed by atoms with van der Waals surface area (Å²) in [5, 5.41) is 2.85. The second kappa shape index (κ2) is 8.26. The van der Waals surface area contributed by atoms with Gasteiger partial charge in [0.1, 0.15) is 0 Å². The van der Waals surface area contributed by atoms with Crippen molar-refractivity contribution in [3.63, 3.8) is 0 Å². The van der Waals surface area contributed by atoms with E-state index in [4.69, 9.17) is 11.5 Å². The zero-order chi connectivity index (χ0) is 14.5. The van der Waals surface area contributed by atoms with Crippen LogP contribution >= 0.6 is 24.2 Å². The number of carbonyl (C=O) groups excluding carboxylic acids is 2. The van der Waals surface area contributed by atoms with Crippen molar-refractivity contribution >= 4 is 36.0 Å². The Bertz CT molecular complexity index is 509. The fraction of sp³-hybridized carbons (Fsp3) is 0.429. The van der Waals surface area contributed by atoms with Crippen molar-refractivity contribution in [1.82, 2.24) is 5.32 Å². The Morgan fingerprint density at radius 2 is 2.00 bits per heavy atom. The number of hydrogen-bond donors (Lipinski definition) is 3. The van der Waals surface area contributed by atoms with Gasteiger partial charge in [0.25, 0.3) is 5.91 Å². The second-order valence-electron chi connectivity index (χ2n) is 4.96. The molecule has 0 aromatic heterocycles. The van der Waals surface area contributed by atoms with Gasteiger partial charge in [-0.1, -0.05) is 12.1 Å². The van der Waals surface area contributed by atoms with E-state index in [1.807, 2.05) is 12.1 Å². The maximum Gasteiger partial charge on any atom is 0.252 e. The van der Waals surface area contributed by atoms with Gasteiger partial charge in [0.15, 0.2) is 0 Å². The van der Waals surface area contributed by atoms with Crippen LogP contribution in [0.1, 0.15) is 23.2 Å². The van der Waals surface area contributed by atoms with E-state index in [1.54, 1.807) is 12.1 Å². The number of hydrogen-bond acceptors (Lipinski definition) is 4. The molecule has 7 heteroatoms. The quantitative estimate of drug-likeness (QED) is 0.654. The van der Waals surface area contributed by atoms with E-state index in [9.17, 15) is 9.59 Å². The first kappa shape index (κ1) is 17.8. The highest BCUT2D eigenvalue weighted by Gasteiger charge is 2.28. The third-order valence-corrected chi connectivity index (χ3v) is 4.32. The highest BCUT2D eigenvalue weighted by Crippen LogP contribution is 2.31. The molecule has 116 valence electrons. The Hall–Kier alpha value is -1.24. The van der Waals surface area contributed by atoms with Crippen molar-refractivity contribution in [3.05, 3.63) is 29.8 Å². The number of halogens is 1. The smallest absolute Gasteiger partial charge is 0.252 e. The number of amides is 2. The summed E-state index contributed by atoms with van der Waals surface area (Å²) < 4.78 is 0. The summed E-state index contributed by atoms with van der Waals surface area (Å²) >= 11 is 1.27. The Morgan fingerprint density at radius 3 is 2.62 bits per heavy atom. The number of primary amides is 1. The number of nitrogens with one attached hydrogen (secondary N) is 1. The number of benzene rings is 1. The molecule has 1 unspecified atom stereocenters. The molecule has 1 aromatic rings. The summed E-state index contributed by atoms with van der Waals surface area (Å²) in [5.74, 6) is 0.149. The van der Waals surface area contributed by atoms with Crippen molar-refractivity contribution < 1.29 is 9.59 Å². The molecule has 21 heavy (non-hydrogen) atoms. The maximum absolute atomic E-state index is 12.2. The molecule has 0 aliphatic heterocycles. The third kappa shape index (κ3) is 5.57. The average Bonchev–Trinajstić information content (AvgIpc) is 3.27. The van der Waals surface area contributed by atoms with Crippen LogP contribution in [0.25, 0.3) is 0 Å². The molecule has 1 fully saturated rings. The van der Waals surface area contributed by atoms with Crippen molar-refractivity contribution in [2.24, 2.45) is 17.4 Å². The minimum absolute atomic E-state index is 0. The zero-order valence-electron chi connectivity index (χ0n) is 11.6. The van der Waals surface area contributed by atoms with Gasteiger partial charge in [0.2, 0.25) is 5.91 Å². The number of nitrogens with two attached hydrogens (primary N) is 2. The van der Waals surface area contributed by atoms with Crippen LogP contribution in [-0.2, 0) is 4.79 Å². The molecule has 5 N–H and O–H groups in total. The molecule has 1 aliphatic rings. The van der Waals surface area contributed by atoms with Crippen LogP contribution in [0.3, 0.4) is 0 Å². The molecule has 2 amide bonds. The van der Waals surface area contributed by atoms with Crippen LogP contribution in [0, 0.1) is 5.92 Å². The molecule has 2 rings (SSSR count). The lowest BCUT2D eigenvalue weighted by molar-refractivity contribution is -0.115. The Labute approximate surface area is 134 Å². The van der Waals surface area contributed by atoms with Crippen LogP contribution in [-0.4, -0.2) is 30.2 Å². The van der Waals surface area contributed by atoms with Crippen LogP contribution in [0.15, 0.2) is 29.2 Å². The number of rotatable bonds is 7. The largest absolute Gasteiger partial charge is 0.369 e. The van der Waals surface area contributed by atoms with Gasteiger partial charge in [0.05, 0.1) is 11.3 Å². The minimum Gasteiger partial charge on any atom is -0.369 e. The molecule has 1 aliphatic carbocycles. The van der Waals surface area contributed by atoms with E-state index < -0.39 is 5.91 Å².